The number of methoxy groups -OCH3 is 1. The van der Waals surface area contributed by atoms with Crippen molar-refractivity contribution in [2.75, 3.05) is 18.2 Å². The third-order valence-corrected chi connectivity index (χ3v) is 3.10. The van der Waals surface area contributed by atoms with Gasteiger partial charge in [0.25, 0.3) is 0 Å². The van der Waals surface area contributed by atoms with Crippen molar-refractivity contribution < 1.29 is 9.47 Å². The van der Waals surface area contributed by atoms with Crippen LogP contribution in [0, 0.1) is 0 Å². The van der Waals surface area contributed by atoms with Crippen molar-refractivity contribution in [3.63, 3.8) is 0 Å². The number of pyridine rings is 1. The molecule has 112 valence electrons. The van der Waals surface area contributed by atoms with Crippen LogP contribution in [0.5, 0.6) is 11.6 Å². The van der Waals surface area contributed by atoms with E-state index in [2.05, 4.69) is 17.2 Å². The molecule has 0 saturated carbocycles. The summed E-state index contributed by atoms with van der Waals surface area (Å²) in [6.45, 7) is 4.14. The first kappa shape index (κ1) is 15.0. The van der Waals surface area contributed by atoms with E-state index in [1.807, 2.05) is 31.2 Å². The van der Waals surface area contributed by atoms with E-state index in [-0.39, 0.29) is 6.10 Å². The molecule has 1 unspecified atom stereocenters. The molecule has 3 N–H and O–H groups in total. The second-order valence-electron chi connectivity index (χ2n) is 4.78. The van der Waals surface area contributed by atoms with Crippen LogP contribution in [0.25, 0.3) is 0 Å². The lowest BCUT2D eigenvalue weighted by Crippen LogP contribution is -2.09. The van der Waals surface area contributed by atoms with Crippen LogP contribution >= 0.6 is 0 Å². The Hall–Kier alpha value is -2.43. The third-order valence-electron chi connectivity index (χ3n) is 3.10. The van der Waals surface area contributed by atoms with E-state index in [9.17, 15) is 0 Å². The molecule has 5 nitrogen and oxygen atoms in total. The van der Waals surface area contributed by atoms with Crippen molar-refractivity contribution in [1.82, 2.24) is 4.98 Å². The Morgan fingerprint density at radius 3 is 2.81 bits per heavy atom. The molecule has 5 heteroatoms. The molecule has 0 fully saturated rings. The largest absolute Gasteiger partial charge is 0.491 e. The fourth-order valence-corrected chi connectivity index (χ4v) is 1.80. The molecule has 2 aromatic rings. The number of nitrogens with one attached hydrogen (secondary N) is 1. The highest BCUT2D eigenvalue weighted by molar-refractivity contribution is 5.61. The Kier molecular flexibility index (Phi) is 4.87. The number of anilines is 3. The molecule has 0 aliphatic heterocycles. The fraction of sp³-hybridized carbons (Fsp3) is 0.312. The van der Waals surface area contributed by atoms with Crippen LogP contribution in [0.1, 0.15) is 20.3 Å². The van der Waals surface area contributed by atoms with Crippen LogP contribution < -0.4 is 20.5 Å². The van der Waals surface area contributed by atoms with Gasteiger partial charge in [0.15, 0.2) is 0 Å². The van der Waals surface area contributed by atoms with Crippen molar-refractivity contribution >= 4 is 17.2 Å². The summed E-state index contributed by atoms with van der Waals surface area (Å²) in [6.07, 6.45) is 1.16. The van der Waals surface area contributed by atoms with Gasteiger partial charge >= 0.3 is 0 Å². The van der Waals surface area contributed by atoms with Crippen molar-refractivity contribution in [2.24, 2.45) is 0 Å². The zero-order chi connectivity index (χ0) is 15.2. The molecule has 2 rings (SSSR count). The van der Waals surface area contributed by atoms with Gasteiger partial charge in [-0.2, -0.15) is 4.98 Å². The van der Waals surface area contributed by atoms with Gasteiger partial charge in [-0.25, -0.2) is 0 Å². The highest BCUT2D eigenvalue weighted by Crippen LogP contribution is 2.25. The molecule has 0 saturated heterocycles. The van der Waals surface area contributed by atoms with E-state index >= 15 is 0 Å². The number of nitrogen functional groups attached to an aromatic ring is 1. The van der Waals surface area contributed by atoms with Gasteiger partial charge in [0.05, 0.1) is 18.9 Å². The van der Waals surface area contributed by atoms with Crippen molar-refractivity contribution in [1.29, 1.82) is 0 Å². The monoisotopic (exact) mass is 287 g/mol. The van der Waals surface area contributed by atoms with E-state index in [1.165, 1.54) is 0 Å². The molecule has 1 aromatic carbocycles. The molecular weight excluding hydrogens is 266 g/mol. The summed E-state index contributed by atoms with van der Waals surface area (Å²) in [5.41, 5.74) is 7.16. The highest BCUT2D eigenvalue weighted by Gasteiger charge is 2.05. The number of hydrogen-bond acceptors (Lipinski definition) is 5. The summed E-state index contributed by atoms with van der Waals surface area (Å²) in [7, 11) is 1.54. The molecule has 1 heterocycles. The summed E-state index contributed by atoms with van der Waals surface area (Å²) in [4.78, 5) is 4.29. The van der Waals surface area contributed by atoms with E-state index in [4.69, 9.17) is 15.2 Å². The second kappa shape index (κ2) is 6.83. The van der Waals surface area contributed by atoms with Crippen molar-refractivity contribution in [2.45, 2.75) is 26.4 Å². The molecule has 0 amide bonds. The van der Waals surface area contributed by atoms with Gasteiger partial charge in [-0.15, -0.1) is 0 Å². The van der Waals surface area contributed by atoms with Gasteiger partial charge in [0.2, 0.25) is 5.88 Å². The topological polar surface area (TPSA) is 69.4 Å². The normalized spacial score (nSPS) is 11.8. The minimum Gasteiger partial charge on any atom is -0.491 e. The summed E-state index contributed by atoms with van der Waals surface area (Å²) in [5.74, 6) is 1.91. The molecule has 0 radical (unpaired) electrons. The summed E-state index contributed by atoms with van der Waals surface area (Å²) >= 11 is 0. The molecule has 0 spiro atoms. The van der Waals surface area contributed by atoms with Crippen LogP contribution in [0.2, 0.25) is 0 Å². The lowest BCUT2D eigenvalue weighted by atomic mass is 10.2. The van der Waals surface area contributed by atoms with Gasteiger partial charge in [0, 0.05) is 11.8 Å². The van der Waals surface area contributed by atoms with Crippen LogP contribution in [-0.2, 0) is 0 Å². The maximum absolute atomic E-state index is 5.80. The summed E-state index contributed by atoms with van der Waals surface area (Å²) < 4.78 is 10.9. The number of ether oxygens (including phenoxy) is 2. The molecule has 1 aromatic heterocycles. The maximum Gasteiger partial charge on any atom is 0.238 e. The number of nitrogens with zero attached hydrogens (tertiary/aromatic N) is 1. The predicted octanol–water partition coefficient (Wildman–Crippen LogP) is 3.59. The van der Waals surface area contributed by atoms with Gasteiger partial charge < -0.3 is 20.5 Å². The lowest BCUT2D eigenvalue weighted by Gasteiger charge is -2.14. The molecule has 0 aliphatic rings. The minimum atomic E-state index is 0.190. The third kappa shape index (κ3) is 4.02. The first-order valence-electron chi connectivity index (χ1n) is 6.96. The van der Waals surface area contributed by atoms with Crippen LogP contribution in [-0.4, -0.2) is 18.2 Å². The van der Waals surface area contributed by atoms with E-state index < -0.39 is 0 Å². The van der Waals surface area contributed by atoms with E-state index in [1.54, 1.807) is 19.2 Å². The number of nitrogens with two attached hydrogens (primary N) is 1. The zero-order valence-corrected chi connectivity index (χ0v) is 12.6. The number of benzene rings is 1. The molecule has 1 atom stereocenters. The Morgan fingerprint density at radius 2 is 2.10 bits per heavy atom. The molecule has 0 aliphatic carbocycles. The molecule has 0 bridgehead atoms. The lowest BCUT2D eigenvalue weighted by molar-refractivity contribution is 0.217. The predicted molar refractivity (Wildman–Crippen MR) is 85.3 cm³/mol. The van der Waals surface area contributed by atoms with Crippen LogP contribution in [0.4, 0.5) is 17.2 Å². The Bertz CT molecular complexity index is 602. The Morgan fingerprint density at radius 1 is 1.29 bits per heavy atom. The van der Waals surface area contributed by atoms with Crippen LogP contribution in [0.15, 0.2) is 36.4 Å². The molecular formula is C16H21N3O2. The Labute approximate surface area is 125 Å². The van der Waals surface area contributed by atoms with Crippen molar-refractivity contribution in [3.8, 4) is 11.6 Å². The van der Waals surface area contributed by atoms with Gasteiger partial charge in [-0.05, 0) is 37.6 Å². The zero-order valence-electron chi connectivity index (χ0n) is 12.6. The second-order valence-corrected chi connectivity index (χ2v) is 4.78. The average Bonchev–Trinajstić information content (AvgIpc) is 2.49. The van der Waals surface area contributed by atoms with Crippen LogP contribution in [0.3, 0.4) is 0 Å². The first-order chi connectivity index (χ1) is 10.1. The fourth-order valence-electron chi connectivity index (χ4n) is 1.80. The molecule has 21 heavy (non-hydrogen) atoms. The smallest absolute Gasteiger partial charge is 0.238 e. The Balaban J connectivity index is 2.14. The number of rotatable bonds is 6. The van der Waals surface area contributed by atoms with Crippen molar-refractivity contribution in [3.05, 3.63) is 36.4 Å². The number of hydrogen-bond donors (Lipinski definition) is 2. The van der Waals surface area contributed by atoms with Gasteiger partial charge in [-0.3, -0.25) is 0 Å². The summed E-state index contributed by atoms with van der Waals surface area (Å²) in [6, 6.07) is 11.3. The highest BCUT2D eigenvalue weighted by atomic mass is 16.5. The van der Waals surface area contributed by atoms with Gasteiger partial charge in [0.1, 0.15) is 11.6 Å². The van der Waals surface area contributed by atoms with Gasteiger partial charge in [-0.1, -0.05) is 13.0 Å². The maximum atomic E-state index is 5.80. The first-order valence-corrected chi connectivity index (χ1v) is 6.96. The van der Waals surface area contributed by atoms with E-state index in [0.717, 1.165) is 17.9 Å². The minimum absolute atomic E-state index is 0.190. The quantitative estimate of drug-likeness (QED) is 0.849. The standard InChI is InChI=1S/C16H21N3O2/c1-4-11(2)21-13-7-5-6-12(10-13)18-15-9-8-14(17)16(19-15)20-3/h5-11H,4,17H2,1-3H3,(H,18,19). The summed E-state index contributed by atoms with van der Waals surface area (Å²) in [5, 5.41) is 3.21. The number of aromatic nitrogens is 1. The van der Waals surface area contributed by atoms with E-state index in [0.29, 0.717) is 17.4 Å². The SMILES string of the molecule is CCC(C)Oc1cccc(Nc2ccc(N)c(OC)n2)c1. The average molecular weight is 287 g/mol.